The molecule has 6 nitrogen and oxygen atoms in total. The summed E-state index contributed by atoms with van der Waals surface area (Å²) in [6.45, 7) is 3.39. The highest BCUT2D eigenvalue weighted by molar-refractivity contribution is 7.52. The largest absolute Gasteiger partial charge is 0.507 e. The summed E-state index contributed by atoms with van der Waals surface area (Å²) < 4.78 is 11.1. The Labute approximate surface area is 110 Å². The maximum Gasteiger partial charge on any atom is 0.329 e. The van der Waals surface area contributed by atoms with E-state index < -0.39 is 19.7 Å². The van der Waals surface area contributed by atoms with Gasteiger partial charge in [0.25, 0.3) is 0 Å². The highest BCUT2D eigenvalue weighted by atomic mass is 31.2. The summed E-state index contributed by atoms with van der Waals surface area (Å²) in [5, 5.41) is 18.6. The molecule has 1 aromatic rings. The Bertz CT molecular complexity index is 561. The van der Waals surface area contributed by atoms with Crippen LogP contribution in [0.3, 0.4) is 0 Å². The predicted molar refractivity (Wildman–Crippen MR) is 70.1 cm³/mol. The maximum atomic E-state index is 11.1. The van der Waals surface area contributed by atoms with Crippen molar-refractivity contribution in [3.63, 3.8) is 0 Å². The number of carboxylic acid groups (broad SMARTS) is 1. The van der Waals surface area contributed by atoms with Crippen molar-refractivity contribution < 1.29 is 29.4 Å². The molecule has 0 fully saturated rings. The van der Waals surface area contributed by atoms with Crippen LogP contribution in [0.15, 0.2) is 18.2 Å². The molecule has 19 heavy (non-hydrogen) atoms. The molecule has 0 aliphatic rings. The van der Waals surface area contributed by atoms with Crippen LogP contribution in [-0.2, 0) is 9.36 Å². The lowest BCUT2D eigenvalue weighted by Gasteiger charge is -2.14. The monoisotopic (exact) mass is 286 g/mol. The van der Waals surface area contributed by atoms with E-state index in [1.54, 1.807) is 19.9 Å². The molecule has 1 aromatic carbocycles. The normalized spacial score (nSPS) is 12.5. The van der Waals surface area contributed by atoms with E-state index in [0.29, 0.717) is 11.6 Å². The zero-order valence-electron chi connectivity index (χ0n) is 10.5. The lowest BCUT2D eigenvalue weighted by Crippen LogP contribution is -2.01. The Morgan fingerprint density at radius 2 is 1.89 bits per heavy atom. The molecule has 0 saturated heterocycles. The van der Waals surface area contributed by atoms with E-state index in [4.69, 9.17) is 14.9 Å². The van der Waals surface area contributed by atoms with Crippen molar-refractivity contribution in [2.24, 2.45) is 0 Å². The van der Waals surface area contributed by atoms with Crippen molar-refractivity contribution >= 4 is 19.1 Å². The Hall–Kier alpha value is -1.62. The Morgan fingerprint density at radius 1 is 1.32 bits per heavy atom. The number of benzene rings is 1. The van der Waals surface area contributed by atoms with Gasteiger partial charge in [0.1, 0.15) is 5.75 Å². The van der Waals surface area contributed by atoms with E-state index in [0.717, 1.165) is 5.56 Å². The highest BCUT2D eigenvalue weighted by Gasteiger charge is 2.21. The standard InChI is InChI=1S/C12H15O6P/c1-7-3-8(2)12(10(13)4-7)9(5-11(14)15)6-19(16,17)18/h3-5,13H,6H2,1-2H3,(H,14,15)(H2,16,17,18). The number of aryl methyl sites for hydroxylation is 2. The number of allylic oxidation sites excluding steroid dienone is 1. The van der Waals surface area contributed by atoms with Gasteiger partial charge in [-0.3, -0.25) is 4.57 Å². The highest BCUT2D eigenvalue weighted by Crippen LogP contribution is 2.42. The molecule has 0 heterocycles. The van der Waals surface area contributed by atoms with Crippen molar-refractivity contribution in [1.29, 1.82) is 0 Å². The van der Waals surface area contributed by atoms with Gasteiger partial charge < -0.3 is 20.0 Å². The number of carbonyl (C=O) groups is 1. The van der Waals surface area contributed by atoms with Crippen molar-refractivity contribution in [3.8, 4) is 5.75 Å². The number of phenols is 1. The molecule has 104 valence electrons. The number of aromatic hydroxyl groups is 1. The van der Waals surface area contributed by atoms with Gasteiger partial charge in [0.2, 0.25) is 0 Å². The maximum absolute atomic E-state index is 11.1. The fourth-order valence-electron chi connectivity index (χ4n) is 1.93. The minimum atomic E-state index is -4.44. The topological polar surface area (TPSA) is 115 Å². The van der Waals surface area contributed by atoms with Gasteiger partial charge in [0, 0.05) is 11.6 Å². The zero-order chi connectivity index (χ0) is 14.8. The minimum Gasteiger partial charge on any atom is -0.507 e. The lowest BCUT2D eigenvalue weighted by atomic mass is 9.98. The second kappa shape index (κ2) is 5.57. The quantitative estimate of drug-likeness (QED) is 0.494. The van der Waals surface area contributed by atoms with Gasteiger partial charge in [-0.25, -0.2) is 4.79 Å². The fourth-order valence-corrected chi connectivity index (χ4v) is 2.62. The minimum absolute atomic E-state index is 0.101. The Morgan fingerprint density at radius 3 is 2.32 bits per heavy atom. The molecule has 0 aromatic heterocycles. The molecular formula is C12H15O6P. The van der Waals surface area contributed by atoms with Gasteiger partial charge in [-0.05, 0) is 36.6 Å². The van der Waals surface area contributed by atoms with Gasteiger partial charge in [-0.1, -0.05) is 6.07 Å². The third kappa shape index (κ3) is 4.52. The fraction of sp³-hybridized carbons (Fsp3) is 0.250. The van der Waals surface area contributed by atoms with Crippen molar-refractivity contribution in [1.82, 2.24) is 0 Å². The molecule has 0 spiro atoms. The number of phenolic OH excluding ortho intramolecular Hbond substituents is 1. The van der Waals surface area contributed by atoms with Crippen LogP contribution in [0, 0.1) is 13.8 Å². The van der Waals surface area contributed by atoms with Crippen LogP contribution in [-0.4, -0.2) is 32.1 Å². The first-order valence-corrected chi connectivity index (χ1v) is 7.18. The van der Waals surface area contributed by atoms with Crippen molar-refractivity contribution in [2.45, 2.75) is 13.8 Å². The molecule has 4 N–H and O–H groups in total. The molecule has 0 atom stereocenters. The zero-order valence-corrected chi connectivity index (χ0v) is 11.4. The molecule has 0 aliphatic heterocycles. The molecule has 0 bridgehead atoms. The number of aliphatic carboxylic acids is 1. The summed E-state index contributed by atoms with van der Waals surface area (Å²) in [5.74, 6) is -1.53. The average molecular weight is 286 g/mol. The summed E-state index contributed by atoms with van der Waals surface area (Å²) in [5.41, 5.74) is 1.37. The van der Waals surface area contributed by atoms with Gasteiger partial charge in [0.15, 0.2) is 0 Å². The van der Waals surface area contributed by atoms with Gasteiger partial charge in [-0.2, -0.15) is 0 Å². The lowest BCUT2D eigenvalue weighted by molar-refractivity contribution is -0.131. The number of carboxylic acids is 1. The number of rotatable bonds is 4. The third-order valence-corrected chi connectivity index (χ3v) is 3.21. The number of hydrogen-bond donors (Lipinski definition) is 4. The summed E-state index contributed by atoms with van der Waals surface area (Å²) in [4.78, 5) is 28.7. The summed E-state index contributed by atoms with van der Waals surface area (Å²) in [6, 6.07) is 3.11. The first kappa shape index (κ1) is 15.4. The van der Waals surface area contributed by atoms with E-state index in [1.807, 2.05) is 0 Å². The van der Waals surface area contributed by atoms with Gasteiger partial charge in [-0.15, -0.1) is 0 Å². The smallest absolute Gasteiger partial charge is 0.329 e. The first-order chi connectivity index (χ1) is 8.60. The predicted octanol–water partition coefficient (Wildman–Crippen LogP) is 1.65. The molecule has 1 rings (SSSR count). The molecular weight excluding hydrogens is 271 g/mol. The molecule has 0 unspecified atom stereocenters. The van der Waals surface area contributed by atoms with E-state index in [1.165, 1.54) is 6.07 Å². The summed E-state index contributed by atoms with van der Waals surface area (Å²) >= 11 is 0. The van der Waals surface area contributed by atoms with Crippen LogP contribution in [0.25, 0.3) is 5.57 Å². The Kier molecular flexibility index (Phi) is 4.52. The van der Waals surface area contributed by atoms with E-state index in [-0.39, 0.29) is 16.9 Å². The van der Waals surface area contributed by atoms with Gasteiger partial charge >= 0.3 is 13.6 Å². The van der Waals surface area contributed by atoms with Crippen LogP contribution in [0.4, 0.5) is 0 Å². The van der Waals surface area contributed by atoms with Crippen molar-refractivity contribution in [3.05, 3.63) is 34.9 Å². The van der Waals surface area contributed by atoms with Crippen LogP contribution in [0.5, 0.6) is 5.75 Å². The third-order valence-electron chi connectivity index (χ3n) is 2.45. The second-order valence-corrected chi connectivity index (χ2v) is 5.95. The molecule has 0 saturated carbocycles. The summed E-state index contributed by atoms with van der Waals surface area (Å²) in [6.07, 6.45) is -0.0345. The summed E-state index contributed by atoms with van der Waals surface area (Å²) in [7, 11) is -4.44. The van der Waals surface area contributed by atoms with E-state index >= 15 is 0 Å². The second-order valence-electron chi connectivity index (χ2n) is 4.31. The molecule has 0 radical (unpaired) electrons. The number of hydrogen-bond acceptors (Lipinski definition) is 3. The van der Waals surface area contributed by atoms with Gasteiger partial charge in [0.05, 0.1) is 6.16 Å². The van der Waals surface area contributed by atoms with E-state index in [9.17, 15) is 14.5 Å². The van der Waals surface area contributed by atoms with Crippen LogP contribution in [0.1, 0.15) is 16.7 Å². The molecule has 7 heteroatoms. The molecule has 0 aliphatic carbocycles. The first-order valence-electron chi connectivity index (χ1n) is 5.39. The van der Waals surface area contributed by atoms with Crippen LogP contribution >= 0.6 is 7.60 Å². The van der Waals surface area contributed by atoms with Crippen LogP contribution < -0.4 is 0 Å². The average Bonchev–Trinajstić information content (AvgIpc) is 2.10. The van der Waals surface area contributed by atoms with E-state index in [2.05, 4.69) is 0 Å². The Balaban J connectivity index is 3.42. The molecule has 0 amide bonds. The van der Waals surface area contributed by atoms with Crippen molar-refractivity contribution in [2.75, 3.05) is 6.16 Å². The van der Waals surface area contributed by atoms with Crippen LogP contribution in [0.2, 0.25) is 0 Å². The SMILES string of the molecule is Cc1cc(C)c(C(=CC(=O)O)CP(=O)(O)O)c(O)c1.